The Morgan fingerprint density at radius 3 is 2.61 bits per heavy atom. The maximum absolute atomic E-state index is 12.6. The summed E-state index contributed by atoms with van der Waals surface area (Å²) in [6.07, 6.45) is -5.52. The zero-order valence-electron chi connectivity index (χ0n) is 14.6. The van der Waals surface area contributed by atoms with Crippen molar-refractivity contribution in [2.75, 3.05) is 11.9 Å². The summed E-state index contributed by atoms with van der Waals surface area (Å²) >= 11 is 0. The van der Waals surface area contributed by atoms with Gasteiger partial charge < -0.3 is 14.5 Å². The van der Waals surface area contributed by atoms with E-state index >= 15 is 0 Å². The van der Waals surface area contributed by atoms with Crippen molar-refractivity contribution in [1.82, 2.24) is 4.98 Å². The smallest absolute Gasteiger partial charge is 0.450 e. The highest BCUT2D eigenvalue weighted by Gasteiger charge is 2.32. The molecule has 0 radical (unpaired) electrons. The van der Waals surface area contributed by atoms with Crippen molar-refractivity contribution in [1.29, 1.82) is 0 Å². The zero-order valence-corrected chi connectivity index (χ0v) is 14.6. The van der Waals surface area contributed by atoms with Gasteiger partial charge in [0.15, 0.2) is 0 Å². The van der Waals surface area contributed by atoms with Crippen LogP contribution in [0.15, 0.2) is 53.3 Å². The molecule has 0 aliphatic carbocycles. The van der Waals surface area contributed by atoms with Crippen molar-refractivity contribution in [3.8, 4) is 17.0 Å². The largest absolute Gasteiger partial charge is 0.573 e. The summed E-state index contributed by atoms with van der Waals surface area (Å²) in [5, 5.41) is 3.22. The molecule has 0 fully saturated rings. The molecule has 9 heteroatoms. The van der Waals surface area contributed by atoms with Crippen LogP contribution in [0.1, 0.15) is 6.92 Å². The first kappa shape index (κ1) is 19.3. The third-order valence-corrected chi connectivity index (χ3v) is 3.77. The standard InChI is InChI=1S/C19H15F3N2O4/c1-2-27-18(26)23-12-8-7-11-9-15(24-17(25)14(11)10-12)13-5-3-4-6-16(13)28-19(20,21)22/h3-10H,2H2,1H3,(H,23,26)(H,24,25). The van der Waals surface area contributed by atoms with Crippen LogP contribution in [-0.2, 0) is 4.74 Å². The van der Waals surface area contributed by atoms with Gasteiger partial charge in [-0.15, -0.1) is 13.2 Å². The molecule has 2 aromatic carbocycles. The third kappa shape index (κ3) is 4.43. The molecule has 6 nitrogen and oxygen atoms in total. The van der Waals surface area contributed by atoms with Crippen LogP contribution >= 0.6 is 0 Å². The fraction of sp³-hybridized carbons (Fsp3) is 0.158. The number of ether oxygens (including phenoxy) is 2. The molecule has 0 aliphatic heterocycles. The zero-order chi connectivity index (χ0) is 20.3. The molecular formula is C19H15F3N2O4. The van der Waals surface area contributed by atoms with Gasteiger partial charge in [-0.3, -0.25) is 10.1 Å². The molecule has 3 aromatic rings. The number of fused-ring (bicyclic) bond motifs is 1. The Hall–Kier alpha value is -3.49. The molecule has 0 unspecified atom stereocenters. The van der Waals surface area contributed by atoms with Crippen LogP contribution in [-0.4, -0.2) is 24.0 Å². The molecule has 1 amide bonds. The molecule has 146 valence electrons. The minimum atomic E-state index is -4.86. The van der Waals surface area contributed by atoms with E-state index < -0.39 is 23.8 Å². The number of hydrogen-bond acceptors (Lipinski definition) is 4. The summed E-state index contributed by atoms with van der Waals surface area (Å²) in [5.74, 6) is -0.425. The summed E-state index contributed by atoms with van der Waals surface area (Å²) in [6.45, 7) is 1.86. The number of amides is 1. The number of H-pyrrole nitrogens is 1. The Labute approximate surface area is 156 Å². The minimum Gasteiger partial charge on any atom is -0.450 e. The lowest BCUT2D eigenvalue weighted by atomic mass is 10.1. The second-order valence-corrected chi connectivity index (χ2v) is 5.70. The van der Waals surface area contributed by atoms with Gasteiger partial charge in [0, 0.05) is 16.6 Å². The monoisotopic (exact) mass is 392 g/mol. The molecule has 0 saturated heterocycles. The fourth-order valence-electron chi connectivity index (χ4n) is 2.67. The van der Waals surface area contributed by atoms with Gasteiger partial charge in [-0.2, -0.15) is 0 Å². The van der Waals surface area contributed by atoms with Crippen molar-refractivity contribution in [2.24, 2.45) is 0 Å². The van der Waals surface area contributed by atoms with Gasteiger partial charge in [-0.1, -0.05) is 18.2 Å². The first-order chi connectivity index (χ1) is 13.3. The quantitative estimate of drug-likeness (QED) is 0.677. The maximum Gasteiger partial charge on any atom is 0.573 e. The van der Waals surface area contributed by atoms with Crippen molar-refractivity contribution >= 4 is 22.6 Å². The number of pyridine rings is 1. The van der Waals surface area contributed by atoms with E-state index in [-0.39, 0.29) is 23.3 Å². The lowest BCUT2D eigenvalue weighted by Gasteiger charge is -2.13. The molecule has 0 spiro atoms. The molecule has 1 heterocycles. The Kier molecular flexibility index (Phi) is 5.25. The molecular weight excluding hydrogens is 377 g/mol. The lowest BCUT2D eigenvalue weighted by Crippen LogP contribution is -2.18. The number of halogens is 3. The van der Waals surface area contributed by atoms with Crippen LogP contribution in [0.5, 0.6) is 5.75 Å². The molecule has 28 heavy (non-hydrogen) atoms. The molecule has 0 aliphatic rings. The van der Waals surface area contributed by atoms with Gasteiger partial charge >= 0.3 is 12.5 Å². The fourth-order valence-corrected chi connectivity index (χ4v) is 2.67. The Bertz CT molecular complexity index is 1080. The van der Waals surface area contributed by atoms with Crippen LogP contribution in [0.25, 0.3) is 22.0 Å². The minimum absolute atomic E-state index is 0.0903. The molecule has 0 saturated carbocycles. The summed E-state index contributed by atoms with van der Waals surface area (Å²) in [5.41, 5.74) is 0.0860. The van der Waals surface area contributed by atoms with Gasteiger partial charge in [0.1, 0.15) is 5.75 Å². The number of aromatic amines is 1. The third-order valence-electron chi connectivity index (χ3n) is 3.77. The normalized spacial score (nSPS) is 11.3. The first-order valence-electron chi connectivity index (χ1n) is 8.23. The molecule has 3 rings (SSSR count). The van der Waals surface area contributed by atoms with Crippen LogP contribution in [0.3, 0.4) is 0 Å². The first-order valence-corrected chi connectivity index (χ1v) is 8.23. The Morgan fingerprint density at radius 1 is 1.14 bits per heavy atom. The Morgan fingerprint density at radius 2 is 1.89 bits per heavy atom. The maximum atomic E-state index is 12.6. The van der Waals surface area contributed by atoms with Crippen LogP contribution in [0, 0.1) is 0 Å². The number of alkyl halides is 3. The highest BCUT2D eigenvalue weighted by Crippen LogP contribution is 2.33. The SMILES string of the molecule is CCOC(=O)Nc1ccc2cc(-c3ccccc3OC(F)(F)F)[nH]c(=O)c2c1. The number of rotatable bonds is 4. The number of anilines is 1. The number of carbonyl (C=O) groups excluding carboxylic acids is 1. The van der Waals surface area contributed by atoms with Crippen molar-refractivity contribution in [2.45, 2.75) is 13.3 Å². The van der Waals surface area contributed by atoms with E-state index in [0.717, 1.165) is 6.07 Å². The van der Waals surface area contributed by atoms with E-state index in [1.807, 2.05) is 0 Å². The predicted octanol–water partition coefficient (Wildman–Crippen LogP) is 4.66. The van der Waals surface area contributed by atoms with Gasteiger partial charge in [0.05, 0.1) is 12.3 Å². The molecule has 2 N–H and O–H groups in total. The van der Waals surface area contributed by atoms with E-state index in [9.17, 15) is 22.8 Å². The van der Waals surface area contributed by atoms with E-state index in [0.29, 0.717) is 11.1 Å². The number of nitrogens with one attached hydrogen (secondary N) is 2. The number of carbonyl (C=O) groups is 1. The molecule has 0 atom stereocenters. The van der Waals surface area contributed by atoms with E-state index in [1.54, 1.807) is 19.1 Å². The highest BCUT2D eigenvalue weighted by molar-refractivity contribution is 5.92. The van der Waals surface area contributed by atoms with Crippen molar-refractivity contribution < 1.29 is 27.4 Å². The van der Waals surface area contributed by atoms with Crippen molar-refractivity contribution in [3.05, 3.63) is 58.9 Å². The Balaban J connectivity index is 2.02. The van der Waals surface area contributed by atoms with E-state index in [2.05, 4.69) is 15.0 Å². The van der Waals surface area contributed by atoms with E-state index in [1.165, 1.54) is 30.3 Å². The second kappa shape index (κ2) is 7.63. The van der Waals surface area contributed by atoms with Crippen LogP contribution in [0.2, 0.25) is 0 Å². The van der Waals surface area contributed by atoms with Crippen molar-refractivity contribution in [3.63, 3.8) is 0 Å². The summed E-state index contributed by atoms with van der Waals surface area (Å²) in [4.78, 5) is 26.5. The molecule has 0 bridgehead atoms. The molecule has 1 aromatic heterocycles. The highest BCUT2D eigenvalue weighted by atomic mass is 19.4. The number of benzene rings is 2. The number of aromatic nitrogens is 1. The summed E-state index contributed by atoms with van der Waals surface area (Å²) in [6, 6.07) is 11.6. The van der Waals surface area contributed by atoms with Gasteiger partial charge in [-0.25, -0.2) is 4.79 Å². The average molecular weight is 392 g/mol. The summed E-state index contributed by atoms with van der Waals surface area (Å²) < 4.78 is 46.7. The van der Waals surface area contributed by atoms with E-state index in [4.69, 9.17) is 4.74 Å². The summed E-state index contributed by atoms with van der Waals surface area (Å²) in [7, 11) is 0. The predicted molar refractivity (Wildman–Crippen MR) is 97.3 cm³/mol. The van der Waals surface area contributed by atoms with Gasteiger partial charge in [0.25, 0.3) is 5.56 Å². The average Bonchev–Trinajstić information content (AvgIpc) is 2.61. The second-order valence-electron chi connectivity index (χ2n) is 5.70. The van der Waals surface area contributed by atoms with Crippen LogP contribution < -0.4 is 15.6 Å². The number of para-hydroxylation sites is 1. The lowest BCUT2D eigenvalue weighted by molar-refractivity contribution is -0.274. The van der Waals surface area contributed by atoms with Gasteiger partial charge in [0.2, 0.25) is 0 Å². The van der Waals surface area contributed by atoms with Crippen LogP contribution in [0.4, 0.5) is 23.7 Å². The van der Waals surface area contributed by atoms with Gasteiger partial charge in [-0.05, 0) is 42.6 Å². The topological polar surface area (TPSA) is 80.4 Å². The number of hydrogen-bond donors (Lipinski definition) is 2.